The van der Waals surface area contributed by atoms with Gasteiger partial charge in [0.25, 0.3) is 0 Å². The molecule has 0 unspecified atom stereocenters. The SMILES string of the molecule is O=C(NCc1nnc2n1CCCCC2)N1CCC(CN2CCOCC2)CC1. The van der Waals surface area contributed by atoms with Crippen molar-refractivity contribution in [3.8, 4) is 0 Å². The third kappa shape index (κ3) is 4.79. The van der Waals surface area contributed by atoms with E-state index in [1.165, 1.54) is 19.3 Å². The maximum Gasteiger partial charge on any atom is 0.317 e. The maximum absolute atomic E-state index is 12.6. The van der Waals surface area contributed by atoms with Crippen molar-refractivity contribution in [2.24, 2.45) is 5.92 Å². The Hall–Kier alpha value is -1.67. The van der Waals surface area contributed by atoms with Crippen molar-refractivity contribution in [1.82, 2.24) is 29.9 Å². The molecule has 8 nitrogen and oxygen atoms in total. The summed E-state index contributed by atoms with van der Waals surface area (Å²) in [5, 5.41) is 11.7. The highest BCUT2D eigenvalue weighted by molar-refractivity contribution is 5.74. The topological polar surface area (TPSA) is 75.5 Å². The summed E-state index contributed by atoms with van der Waals surface area (Å²) >= 11 is 0. The number of likely N-dealkylation sites (tertiary alicyclic amines) is 1. The standard InChI is InChI=1S/C19H32N6O2/c26-19(20-14-18-22-21-17-4-2-1-3-7-25(17)18)24-8-5-16(6-9-24)15-23-10-12-27-13-11-23/h16H,1-15H2,(H,20,26). The van der Waals surface area contributed by atoms with Crippen LogP contribution in [-0.2, 0) is 24.2 Å². The molecule has 0 saturated carbocycles. The van der Waals surface area contributed by atoms with Crippen LogP contribution in [0.15, 0.2) is 0 Å². The number of aromatic nitrogens is 3. The van der Waals surface area contributed by atoms with Gasteiger partial charge in [0.15, 0.2) is 5.82 Å². The van der Waals surface area contributed by atoms with Crippen LogP contribution in [0.2, 0.25) is 0 Å². The monoisotopic (exact) mass is 376 g/mol. The fourth-order valence-electron chi connectivity index (χ4n) is 4.41. The van der Waals surface area contributed by atoms with Crippen molar-refractivity contribution in [3.63, 3.8) is 0 Å². The van der Waals surface area contributed by atoms with E-state index in [1.54, 1.807) is 0 Å². The predicted molar refractivity (Wildman–Crippen MR) is 101 cm³/mol. The van der Waals surface area contributed by atoms with Crippen LogP contribution in [0.5, 0.6) is 0 Å². The number of aryl methyl sites for hydroxylation is 1. The summed E-state index contributed by atoms with van der Waals surface area (Å²) in [6.45, 7) is 8.08. The first-order valence-electron chi connectivity index (χ1n) is 10.5. The largest absolute Gasteiger partial charge is 0.379 e. The first kappa shape index (κ1) is 18.7. The summed E-state index contributed by atoms with van der Waals surface area (Å²) in [5.41, 5.74) is 0. The van der Waals surface area contributed by atoms with Crippen LogP contribution in [0.1, 0.15) is 43.8 Å². The van der Waals surface area contributed by atoms with Crippen LogP contribution in [-0.4, -0.2) is 76.5 Å². The van der Waals surface area contributed by atoms with Gasteiger partial charge < -0.3 is 19.5 Å². The average Bonchev–Trinajstić information content (AvgIpc) is 2.93. The minimum atomic E-state index is 0.0331. The molecule has 3 aliphatic heterocycles. The van der Waals surface area contributed by atoms with E-state index < -0.39 is 0 Å². The summed E-state index contributed by atoms with van der Waals surface area (Å²) in [7, 11) is 0. The quantitative estimate of drug-likeness (QED) is 0.856. The van der Waals surface area contributed by atoms with Gasteiger partial charge in [-0.15, -0.1) is 10.2 Å². The molecule has 0 atom stereocenters. The summed E-state index contributed by atoms with van der Waals surface area (Å²) < 4.78 is 7.62. The zero-order chi connectivity index (χ0) is 18.5. The Morgan fingerprint density at radius 2 is 1.85 bits per heavy atom. The van der Waals surface area contributed by atoms with Gasteiger partial charge in [-0.1, -0.05) is 6.42 Å². The average molecular weight is 377 g/mol. The molecule has 0 aliphatic carbocycles. The highest BCUT2D eigenvalue weighted by Gasteiger charge is 2.25. The van der Waals surface area contributed by atoms with E-state index >= 15 is 0 Å². The van der Waals surface area contributed by atoms with Crippen LogP contribution in [0, 0.1) is 5.92 Å². The van der Waals surface area contributed by atoms with E-state index in [2.05, 4.69) is 25.0 Å². The second-order valence-electron chi connectivity index (χ2n) is 8.00. The van der Waals surface area contributed by atoms with Crippen LogP contribution in [0.3, 0.4) is 0 Å². The summed E-state index contributed by atoms with van der Waals surface area (Å²) in [5.74, 6) is 2.66. The van der Waals surface area contributed by atoms with E-state index in [0.717, 1.165) is 83.4 Å². The van der Waals surface area contributed by atoms with Crippen molar-refractivity contribution >= 4 is 6.03 Å². The van der Waals surface area contributed by atoms with Crippen molar-refractivity contribution in [3.05, 3.63) is 11.6 Å². The number of carbonyl (C=O) groups excluding carboxylic acids is 1. The van der Waals surface area contributed by atoms with Gasteiger partial charge in [0.05, 0.1) is 19.8 Å². The van der Waals surface area contributed by atoms with Gasteiger partial charge in [0.1, 0.15) is 5.82 Å². The Morgan fingerprint density at radius 1 is 1.04 bits per heavy atom. The molecule has 0 radical (unpaired) electrons. The molecule has 4 heterocycles. The number of nitrogens with zero attached hydrogens (tertiary/aromatic N) is 5. The molecular formula is C19H32N6O2. The van der Waals surface area contributed by atoms with Crippen molar-refractivity contribution in [2.75, 3.05) is 45.9 Å². The molecule has 4 rings (SSSR count). The summed E-state index contributed by atoms with van der Waals surface area (Å²) in [6.07, 6.45) is 6.77. The number of piperidine rings is 1. The zero-order valence-electron chi connectivity index (χ0n) is 16.2. The Labute approximate surface area is 161 Å². The number of amides is 2. The third-order valence-corrected chi connectivity index (χ3v) is 6.11. The molecule has 8 heteroatoms. The van der Waals surface area contributed by atoms with Crippen LogP contribution < -0.4 is 5.32 Å². The molecule has 0 bridgehead atoms. The molecule has 3 aliphatic rings. The number of rotatable bonds is 4. The Bertz CT molecular complexity index is 620. The van der Waals surface area contributed by atoms with Gasteiger partial charge >= 0.3 is 6.03 Å². The van der Waals surface area contributed by atoms with Crippen LogP contribution in [0.4, 0.5) is 4.79 Å². The Kier molecular flexibility index (Phi) is 6.24. The smallest absolute Gasteiger partial charge is 0.317 e. The first-order valence-corrected chi connectivity index (χ1v) is 10.5. The molecule has 150 valence electrons. The Balaban J connectivity index is 1.21. The van der Waals surface area contributed by atoms with Gasteiger partial charge in [-0.2, -0.15) is 0 Å². The number of fused-ring (bicyclic) bond motifs is 1. The van der Waals surface area contributed by atoms with Gasteiger partial charge in [-0.3, -0.25) is 4.90 Å². The van der Waals surface area contributed by atoms with E-state index in [-0.39, 0.29) is 6.03 Å². The van der Waals surface area contributed by atoms with Crippen LogP contribution >= 0.6 is 0 Å². The molecule has 0 spiro atoms. The number of ether oxygens (including phenoxy) is 1. The highest BCUT2D eigenvalue weighted by atomic mass is 16.5. The summed E-state index contributed by atoms with van der Waals surface area (Å²) in [6, 6.07) is 0.0331. The maximum atomic E-state index is 12.6. The minimum Gasteiger partial charge on any atom is -0.379 e. The van der Waals surface area contributed by atoms with Gasteiger partial charge in [-0.05, 0) is 31.6 Å². The number of urea groups is 1. The van der Waals surface area contributed by atoms with E-state index in [4.69, 9.17) is 4.74 Å². The molecule has 2 saturated heterocycles. The molecule has 1 N–H and O–H groups in total. The molecule has 1 aromatic rings. The fourth-order valence-corrected chi connectivity index (χ4v) is 4.41. The number of hydrogen-bond donors (Lipinski definition) is 1. The molecule has 1 aromatic heterocycles. The molecule has 2 fully saturated rings. The Morgan fingerprint density at radius 3 is 2.67 bits per heavy atom. The lowest BCUT2D eigenvalue weighted by molar-refractivity contribution is 0.0258. The van der Waals surface area contributed by atoms with Gasteiger partial charge in [-0.25, -0.2) is 4.79 Å². The molecular weight excluding hydrogens is 344 g/mol. The van der Waals surface area contributed by atoms with E-state index in [1.807, 2.05) is 4.90 Å². The molecule has 27 heavy (non-hydrogen) atoms. The highest BCUT2D eigenvalue weighted by Crippen LogP contribution is 2.19. The third-order valence-electron chi connectivity index (χ3n) is 6.11. The van der Waals surface area contributed by atoms with E-state index in [9.17, 15) is 4.79 Å². The van der Waals surface area contributed by atoms with Crippen LogP contribution in [0.25, 0.3) is 0 Å². The van der Waals surface area contributed by atoms with Crippen molar-refractivity contribution in [1.29, 1.82) is 0 Å². The number of nitrogens with one attached hydrogen (secondary N) is 1. The lowest BCUT2D eigenvalue weighted by Crippen LogP contribution is -2.47. The molecule has 2 amide bonds. The second kappa shape index (κ2) is 9.01. The second-order valence-corrected chi connectivity index (χ2v) is 8.00. The number of hydrogen-bond acceptors (Lipinski definition) is 5. The van der Waals surface area contributed by atoms with Crippen molar-refractivity contribution in [2.45, 2.75) is 51.6 Å². The van der Waals surface area contributed by atoms with Gasteiger partial charge in [0.2, 0.25) is 0 Å². The first-order chi connectivity index (χ1) is 13.3. The molecule has 0 aromatic carbocycles. The lowest BCUT2D eigenvalue weighted by Gasteiger charge is -2.36. The zero-order valence-corrected chi connectivity index (χ0v) is 16.2. The van der Waals surface area contributed by atoms with Crippen molar-refractivity contribution < 1.29 is 9.53 Å². The minimum absolute atomic E-state index is 0.0331. The predicted octanol–water partition coefficient (Wildman–Crippen LogP) is 1.26. The number of morpholine rings is 1. The van der Waals surface area contributed by atoms with E-state index in [0.29, 0.717) is 12.5 Å². The summed E-state index contributed by atoms with van der Waals surface area (Å²) in [4.78, 5) is 17.0. The normalized spacial score (nSPS) is 22.3. The number of carbonyl (C=O) groups is 1. The fraction of sp³-hybridized carbons (Fsp3) is 0.842. The lowest BCUT2D eigenvalue weighted by atomic mass is 9.96. The van der Waals surface area contributed by atoms with Gasteiger partial charge in [0, 0.05) is 45.7 Å².